The van der Waals surface area contributed by atoms with Crippen LogP contribution in [0.5, 0.6) is 0 Å². The van der Waals surface area contributed by atoms with Gasteiger partial charge in [-0.25, -0.2) is 0 Å². The maximum Gasteiger partial charge on any atom is 0.161 e. The van der Waals surface area contributed by atoms with Crippen molar-refractivity contribution < 1.29 is 0 Å². The fourth-order valence-corrected chi connectivity index (χ4v) is 3.29. The highest BCUT2D eigenvalue weighted by atomic mass is 32.1. The highest BCUT2D eigenvalue weighted by Gasteiger charge is 2.25. The Kier molecular flexibility index (Phi) is 3.74. The minimum atomic E-state index is -0.0250. The van der Waals surface area contributed by atoms with Crippen molar-refractivity contribution in [2.75, 3.05) is 7.05 Å². The highest BCUT2D eigenvalue weighted by Crippen LogP contribution is 2.36. The van der Waals surface area contributed by atoms with Crippen molar-refractivity contribution in [2.24, 2.45) is 0 Å². The second-order valence-electron chi connectivity index (χ2n) is 5.16. The molecule has 0 spiro atoms. The molecule has 7 heteroatoms. The van der Waals surface area contributed by atoms with Crippen LogP contribution in [0.4, 0.5) is 0 Å². The van der Waals surface area contributed by atoms with E-state index in [9.17, 15) is 0 Å². The predicted octanol–water partition coefficient (Wildman–Crippen LogP) is 2.63. The second-order valence-corrected chi connectivity index (χ2v) is 6.92. The number of aromatic nitrogens is 4. The van der Waals surface area contributed by atoms with Crippen molar-refractivity contribution in [3.05, 3.63) is 10.7 Å². The molecule has 18 heavy (non-hydrogen) atoms. The number of nitrogens with one attached hydrogen (secondary N) is 1. The van der Waals surface area contributed by atoms with Gasteiger partial charge in [-0.2, -0.15) is 0 Å². The Morgan fingerprint density at radius 1 is 1.17 bits per heavy atom. The average Bonchev–Trinajstić information content (AvgIpc) is 2.94. The van der Waals surface area contributed by atoms with Crippen LogP contribution in [-0.4, -0.2) is 26.8 Å². The molecule has 1 unspecified atom stereocenters. The van der Waals surface area contributed by atoms with Gasteiger partial charge in [-0.15, -0.1) is 15.3 Å². The standard InChI is InChI=1S/C11H17N5S2/c1-6(12-5)9-14-15-10(17-9)7-8(11(2,3)4)13-16-18-7/h6,12H,1-5H3. The van der Waals surface area contributed by atoms with Crippen molar-refractivity contribution in [2.45, 2.75) is 39.2 Å². The van der Waals surface area contributed by atoms with Crippen LogP contribution in [0.25, 0.3) is 9.88 Å². The molecule has 2 rings (SSSR count). The van der Waals surface area contributed by atoms with Gasteiger partial charge in [-0.1, -0.05) is 36.6 Å². The molecule has 0 bridgehead atoms. The molecule has 0 aliphatic carbocycles. The first-order valence-corrected chi connectivity index (χ1v) is 7.36. The van der Waals surface area contributed by atoms with E-state index < -0.39 is 0 Å². The van der Waals surface area contributed by atoms with Gasteiger partial charge in [0.05, 0.1) is 11.7 Å². The van der Waals surface area contributed by atoms with Crippen molar-refractivity contribution >= 4 is 22.9 Å². The molecule has 0 radical (unpaired) electrons. The topological polar surface area (TPSA) is 63.6 Å². The first-order valence-electron chi connectivity index (χ1n) is 5.77. The van der Waals surface area contributed by atoms with E-state index in [-0.39, 0.29) is 11.5 Å². The third kappa shape index (κ3) is 2.57. The van der Waals surface area contributed by atoms with Crippen LogP contribution < -0.4 is 5.32 Å². The van der Waals surface area contributed by atoms with Gasteiger partial charge in [0.15, 0.2) is 5.01 Å². The average molecular weight is 283 g/mol. The summed E-state index contributed by atoms with van der Waals surface area (Å²) in [4.78, 5) is 1.04. The van der Waals surface area contributed by atoms with Crippen LogP contribution in [0.1, 0.15) is 44.4 Å². The molecule has 1 atom stereocenters. The van der Waals surface area contributed by atoms with Gasteiger partial charge in [0.25, 0.3) is 0 Å². The molecule has 0 aliphatic heterocycles. The lowest BCUT2D eigenvalue weighted by atomic mass is 9.91. The number of hydrogen-bond acceptors (Lipinski definition) is 7. The van der Waals surface area contributed by atoms with Crippen LogP contribution in [0.2, 0.25) is 0 Å². The van der Waals surface area contributed by atoms with Gasteiger partial charge >= 0.3 is 0 Å². The predicted molar refractivity (Wildman–Crippen MR) is 75.0 cm³/mol. The Morgan fingerprint density at radius 3 is 2.50 bits per heavy atom. The SMILES string of the molecule is CNC(C)c1nnc(-c2snnc2C(C)(C)C)s1. The van der Waals surface area contributed by atoms with Crippen LogP contribution >= 0.6 is 22.9 Å². The fourth-order valence-electron chi connectivity index (χ4n) is 1.45. The van der Waals surface area contributed by atoms with Gasteiger partial charge in [0.2, 0.25) is 0 Å². The van der Waals surface area contributed by atoms with Crippen LogP contribution in [-0.2, 0) is 5.41 Å². The molecule has 98 valence electrons. The second kappa shape index (κ2) is 4.99. The molecule has 0 saturated carbocycles. The highest BCUT2D eigenvalue weighted by molar-refractivity contribution is 7.19. The summed E-state index contributed by atoms with van der Waals surface area (Å²) in [5.74, 6) is 0. The van der Waals surface area contributed by atoms with Gasteiger partial charge < -0.3 is 5.32 Å². The maximum atomic E-state index is 4.26. The van der Waals surface area contributed by atoms with Crippen LogP contribution in [0.3, 0.4) is 0 Å². The zero-order valence-corrected chi connectivity index (χ0v) is 12.8. The first-order chi connectivity index (χ1) is 8.43. The van der Waals surface area contributed by atoms with E-state index in [4.69, 9.17) is 0 Å². The van der Waals surface area contributed by atoms with E-state index in [0.29, 0.717) is 0 Å². The van der Waals surface area contributed by atoms with E-state index in [2.05, 4.69) is 52.8 Å². The zero-order chi connectivity index (χ0) is 13.3. The van der Waals surface area contributed by atoms with Crippen LogP contribution in [0, 0.1) is 0 Å². The van der Waals surface area contributed by atoms with E-state index in [1.54, 1.807) is 11.3 Å². The Morgan fingerprint density at radius 2 is 1.89 bits per heavy atom. The van der Waals surface area contributed by atoms with Gasteiger partial charge in [0, 0.05) is 5.41 Å². The molecule has 0 amide bonds. The Balaban J connectivity index is 2.38. The summed E-state index contributed by atoms with van der Waals surface area (Å²) in [6.45, 7) is 8.46. The molecule has 0 fully saturated rings. The molecule has 0 saturated heterocycles. The van der Waals surface area contributed by atoms with E-state index in [0.717, 1.165) is 20.6 Å². The Labute approximate surface area is 115 Å². The van der Waals surface area contributed by atoms with E-state index >= 15 is 0 Å². The van der Waals surface area contributed by atoms with Gasteiger partial charge in [-0.05, 0) is 25.5 Å². The quantitative estimate of drug-likeness (QED) is 0.938. The summed E-state index contributed by atoms with van der Waals surface area (Å²) >= 11 is 2.99. The molecule has 0 aliphatic rings. The number of nitrogens with zero attached hydrogens (tertiary/aromatic N) is 4. The molecular weight excluding hydrogens is 266 g/mol. The van der Waals surface area contributed by atoms with Crippen molar-refractivity contribution in [1.29, 1.82) is 0 Å². The molecule has 0 aromatic carbocycles. The van der Waals surface area contributed by atoms with E-state index in [1.807, 2.05) is 7.05 Å². The number of rotatable bonds is 3. The summed E-state index contributed by atoms with van der Waals surface area (Å²) in [5, 5.41) is 17.8. The minimum Gasteiger partial charge on any atom is -0.311 e. The Bertz CT molecular complexity index is 526. The third-order valence-electron chi connectivity index (χ3n) is 2.64. The summed E-state index contributed by atoms with van der Waals surface area (Å²) in [5.41, 5.74) is 0.968. The third-order valence-corrected chi connectivity index (χ3v) is 4.62. The van der Waals surface area contributed by atoms with E-state index in [1.165, 1.54) is 11.5 Å². The lowest BCUT2D eigenvalue weighted by molar-refractivity contribution is 0.568. The monoisotopic (exact) mass is 283 g/mol. The molecule has 1 N–H and O–H groups in total. The largest absolute Gasteiger partial charge is 0.311 e. The maximum absolute atomic E-state index is 4.26. The molecule has 2 aromatic rings. The lowest BCUT2D eigenvalue weighted by Gasteiger charge is -2.15. The van der Waals surface area contributed by atoms with Crippen molar-refractivity contribution in [3.8, 4) is 9.88 Å². The zero-order valence-electron chi connectivity index (χ0n) is 11.2. The smallest absolute Gasteiger partial charge is 0.161 e. The Hall–Kier alpha value is -0.920. The first kappa shape index (κ1) is 13.5. The molecular formula is C11H17N5S2. The van der Waals surface area contributed by atoms with Gasteiger partial charge in [0.1, 0.15) is 9.88 Å². The molecule has 2 heterocycles. The lowest BCUT2D eigenvalue weighted by Crippen LogP contribution is -2.12. The summed E-state index contributed by atoms with van der Waals surface area (Å²) in [6.07, 6.45) is 0. The summed E-state index contributed by atoms with van der Waals surface area (Å²) < 4.78 is 4.05. The normalized spacial score (nSPS) is 13.8. The van der Waals surface area contributed by atoms with Crippen LogP contribution in [0.15, 0.2) is 0 Å². The molecule has 2 aromatic heterocycles. The van der Waals surface area contributed by atoms with Crippen molar-refractivity contribution in [3.63, 3.8) is 0 Å². The van der Waals surface area contributed by atoms with Gasteiger partial charge in [-0.3, -0.25) is 0 Å². The molecule has 5 nitrogen and oxygen atoms in total. The fraction of sp³-hybridized carbons (Fsp3) is 0.636. The number of hydrogen-bond donors (Lipinski definition) is 1. The summed E-state index contributed by atoms with van der Waals surface area (Å²) in [7, 11) is 1.92. The summed E-state index contributed by atoms with van der Waals surface area (Å²) in [6, 6.07) is 0.218. The minimum absolute atomic E-state index is 0.0250. The van der Waals surface area contributed by atoms with Crippen molar-refractivity contribution in [1.82, 2.24) is 25.1 Å².